The number of benzene rings is 1. The van der Waals surface area contributed by atoms with Crippen molar-refractivity contribution in [3.05, 3.63) is 27.7 Å². The number of methoxy groups -OCH3 is 1. The third-order valence-electron chi connectivity index (χ3n) is 1.85. The van der Waals surface area contributed by atoms with Crippen LogP contribution >= 0.6 is 15.9 Å². The first kappa shape index (κ1) is 11.5. The monoisotopic (exact) mass is 269 g/mol. The fourth-order valence-corrected chi connectivity index (χ4v) is 1.64. The van der Waals surface area contributed by atoms with E-state index in [-0.39, 0.29) is 6.42 Å². The van der Waals surface area contributed by atoms with Crippen molar-refractivity contribution in [1.82, 2.24) is 0 Å². The van der Waals surface area contributed by atoms with Gasteiger partial charge >= 0.3 is 5.97 Å². The highest BCUT2D eigenvalue weighted by atomic mass is 79.9. The van der Waals surface area contributed by atoms with E-state index in [0.29, 0.717) is 21.3 Å². The number of nitriles is 1. The lowest BCUT2D eigenvalue weighted by molar-refractivity contribution is -0.136. The van der Waals surface area contributed by atoms with E-state index in [4.69, 9.17) is 15.1 Å². The number of carbonyl (C=O) groups is 1. The minimum Gasteiger partial charge on any atom is -0.495 e. The molecule has 0 bridgehead atoms. The van der Waals surface area contributed by atoms with Crippen LogP contribution in [0.5, 0.6) is 5.75 Å². The molecule has 0 aliphatic carbocycles. The van der Waals surface area contributed by atoms with Crippen LogP contribution in [0, 0.1) is 11.3 Å². The lowest BCUT2D eigenvalue weighted by Crippen LogP contribution is -2.03. The third kappa shape index (κ3) is 2.48. The zero-order chi connectivity index (χ0) is 11.4. The number of ether oxygens (including phenoxy) is 1. The summed E-state index contributed by atoms with van der Waals surface area (Å²) < 4.78 is 5.63. The van der Waals surface area contributed by atoms with Gasteiger partial charge in [-0.05, 0) is 22.0 Å². The Morgan fingerprint density at radius 3 is 2.80 bits per heavy atom. The summed E-state index contributed by atoms with van der Waals surface area (Å²) in [5.41, 5.74) is 0.806. The standard InChI is InChI=1S/C10H8BrNO3/c1-15-10-6(4-9(13)14)2-3-8(11)7(10)5-12/h2-3H,4H2,1H3,(H,13,14). The molecule has 0 heterocycles. The molecule has 5 heteroatoms. The second kappa shape index (κ2) is 4.80. The molecule has 0 fully saturated rings. The van der Waals surface area contributed by atoms with Gasteiger partial charge in [0.15, 0.2) is 0 Å². The summed E-state index contributed by atoms with van der Waals surface area (Å²) in [6.07, 6.45) is -0.162. The number of rotatable bonds is 3. The van der Waals surface area contributed by atoms with E-state index >= 15 is 0 Å². The number of nitrogens with zero attached hydrogens (tertiary/aromatic N) is 1. The first-order valence-electron chi connectivity index (χ1n) is 4.07. The number of hydrogen-bond donors (Lipinski definition) is 1. The van der Waals surface area contributed by atoms with Gasteiger partial charge in [-0.2, -0.15) is 5.26 Å². The topological polar surface area (TPSA) is 70.3 Å². The van der Waals surface area contributed by atoms with E-state index in [9.17, 15) is 4.79 Å². The van der Waals surface area contributed by atoms with Gasteiger partial charge in [-0.1, -0.05) is 6.07 Å². The van der Waals surface area contributed by atoms with E-state index in [1.807, 2.05) is 6.07 Å². The van der Waals surface area contributed by atoms with Crippen molar-refractivity contribution >= 4 is 21.9 Å². The molecule has 0 unspecified atom stereocenters. The quantitative estimate of drug-likeness (QED) is 0.911. The summed E-state index contributed by atoms with van der Waals surface area (Å²) in [7, 11) is 1.41. The van der Waals surface area contributed by atoms with Crippen LogP contribution in [-0.4, -0.2) is 18.2 Å². The fraction of sp³-hybridized carbons (Fsp3) is 0.200. The predicted molar refractivity (Wildman–Crippen MR) is 56.7 cm³/mol. The Hall–Kier alpha value is -1.54. The number of carboxylic acid groups (broad SMARTS) is 1. The maximum Gasteiger partial charge on any atom is 0.307 e. The van der Waals surface area contributed by atoms with E-state index in [2.05, 4.69) is 15.9 Å². The van der Waals surface area contributed by atoms with Gasteiger partial charge in [-0.25, -0.2) is 0 Å². The molecule has 1 aromatic carbocycles. The van der Waals surface area contributed by atoms with Crippen molar-refractivity contribution in [3.63, 3.8) is 0 Å². The minimum absolute atomic E-state index is 0.162. The molecule has 78 valence electrons. The zero-order valence-electron chi connectivity index (χ0n) is 7.95. The van der Waals surface area contributed by atoms with Gasteiger partial charge in [-0.15, -0.1) is 0 Å². The van der Waals surface area contributed by atoms with E-state index in [1.165, 1.54) is 7.11 Å². The van der Waals surface area contributed by atoms with Gasteiger partial charge in [0.2, 0.25) is 0 Å². The Morgan fingerprint density at radius 2 is 2.33 bits per heavy atom. The van der Waals surface area contributed by atoms with Gasteiger partial charge in [0, 0.05) is 10.0 Å². The molecule has 0 radical (unpaired) electrons. The Kier molecular flexibility index (Phi) is 3.69. The van der Waals surface area contributed by atoms with Crippen molar-refractivity contribution in [2.45, 2.75) is 6.42 Å². The lowest BCUT2D eigenvalue weighted by atomic mass is 10.1. The Bertz CT molecular complexity index is 437. The van der Waals surface area contributed by atoms with Crippen LogP contribution < -0.4 is 4.74 Å². The first-order valence-corrected chi connectivity index (χ1v) is 4.86. The van der Waals surface area contributed by atoms with Crippen LogP contribution in [0.1, 0.15) is 11.1 Å². The van der Waals surface area contributed by atoms with Gasteiger partial charge in [-0.3, -0.25) is 4.79 Å². The highest BCUT2D eigenvalue weighted by molar-refractivity contribution is 9.10. The van der Waals surface area contributed by atoms with Gasteiger partial charge < -0.3 is 9.84 Å². The molecular formula is C10H8BrNO3. The Labute approximate surface area is 95.2 Å². The molecule has 0 atom stereocenters. The van der Waals surface area contributed by atoms with Crippen molar-refractivity contribution in [2.24, 2.45) is 0 Å². The first-order chi connectivity index (χ1) is 7.10. The maximum atomic E-state index is 10.6. The second-order valence-electron chi connectivity index (χ2n) is 2.80. The molecule has 0 aliphatic rings. The largest absolute Gasteiger partial charge is 0.495 e. The summed E-state index contributed by atoms with van der Waals surface area (Å²) >= 11 is 3.20. The Balaban J connectivity index is 3.30. The predicted octanol–water partition coefficient (Wildman–Crippen LogP) is 1.96. The fourth-order valence-electron chi connectivity index (χ4n) is 1.24. The molecule has 15 heavy (non-hydrogen) atoms. The average Bonchev–Trinajstić information content (AvgIpc) is 2.19. The van der Waals surface area contributed by atoms with Gasteiger partial charge in [0.25, 0.3) is 0 Å². The highest BCUT2D eigenvalue weighted by Gasteiger charge is 2.14. The van der Waals surface area contributed by atoms with Crippen LogP contribution in [0.3, 0.4) is 0 Å². The third-order valence-corrected chi connectivity index (χ3v) is 2.51. The SMILES string of the molecule is COc1c(CC(=O)O)ccc(Br)c1C#N. The van der Waals surface area contributed by atoms with Crippen LogP contribution in [0.15, 0.2) is 16.6 Å². The van der Waals surface area contributed by atoms with Crippen molar-refractivity contribution in [1.29, 1.82) is 5.26 Å². The van der Waals surface area contributed by atoms with E-state index < -0.39 is 5.97 Å². The summed E-state index contributed by atoms with van der Waals surface area (Å²) in [4.78, 5) is 10.6. The lowest BCUT2D eigenvalue weighted by Gasteiger charge is -2.09. The van der Waals surface area contributed by atoms with Crippen LogP contribution in [0.2, 0.25) is 0 Å². The number of carboxylic acids is 1. The molecule has 0 saturated heterocycles. The average molecular weight is 270 g/mol. The molecular weight excluding hydrogens is 262 g/mol. The van der Waals surface area contributed by atoms with E-state index in [1.54, 1.807) is 12.1 Å². The summed E-state index contributed by atoms with van der Waals surface area (Å²) in [6, 6.07) is 5.22. The second-order valence-corrected chi connectivity index (χ2v) is 3.65. The molecule has 0 aliphatic heterocycles. The van der Waals surface area contributed by atoms with Crippen molar-refractivity contribution in [2.75, 3.05) is 7.11 Å². The summed E-state index contributed by atoms with van der Waals surface area (Å²) in [5, 5.41) is 17.6. The van der Waals surface area contributed by atoms with E-state index in [0.717, 1.165) is 0 Å². The van der Waals surface area contributed by atoms with Gasteiger partial charge in [0.05, 0.1) is 13.5 Å². The minimum atomic E-state index is -0.959. The van der Waals surface area contributed by atoms with Crippen molar-refractivity contribution < 1.29 is 14.6 Å². The highest BCUT2D eigenvalue weighted by Crippen LogP contribution is 2.30. The number of aliphatic carboxylic acids is 1. The molecule has 4 nitrogen and oxygen atoms in total. The molecule has 0 amide bonds. The smallest absolute Gasteiger partial charge is 0.307 e. The molecule has 0 spiro atoms. The maximum absolute atomic E-state index is 10.6. The number of hydrogen-bond acceptors (Lipinski definition) is 3. The normalized spacial score (nSPS) is 9.40. The molecule has 1 N–H and O–H groups in total. The molecule has 1 aromatic rings. The zero-order valence-corrected chi connectivity index (χ0v) is 9.54. The summed E-state index contributed by atoms with van der Waals surface area (Å²) in [5.74, 6) is -0.645. The van der Waals surface area contributed by atoms with Gasteiger partial charge in [0.1, 0.15) is 17.4 Å². The van der Waals surface area contributed by atoms with Crippen LogP contribution in [0.4, 0.5) is 0 Å². The molecule has 1 rings (SSSR count). The van der Waals surface area contributed by atoms with Crippen LogP contribution in [-0.2, 0) is 11.2 Å². The van der Waals surface area contributed by atoms with Crippen molar-refractivity contribution in [3.8, 4) is 11.8 Å². The molecule has 0 saturated carbocycles. The molecule has 0 aromatic heterocycles. The Morgan fingerprint density at radius 1 is 1.67 bits per heavy atom. The summed E-state index contributed by atoms with van der Waals surface area (Å²) in [6.45, 7) is 0. The van der Waals surface area contributed by atoms with Crippen LogP contribution in [0.25, 0.3) is 0 Å². The number of halogens is 1.